The number of rotatable bonds is 5. The van der Waals surface area contributed by atoms with E-state index in [1.807, 2.05) is 0 Å². The lowest BCUT2D eigenvalue weighted by Gasteiger charge is -2.29. The van der Waals surface area contributed by atoms with Crippen molar-refractivity contribution in [2.45, 2.75) is 18.9 Å². The summed E-state index contributed by atoms with van der Waals surface area (Å²) in [7, 11) is 0. The van der Waals surface area contributed by atoms with Gasteiger partial charge in [0.05, 0.1) is 13.0 Å². The molecule has 0 spiro atoms. The number of phenolic OH excluding ortho intramolecular Hbond substituents is 4. The molecule has 0 bridgehead atoms. The molecular formula is C17H18O7. The predicted octanol–water partition coefficient (Wildman–Crippen LogP) is 1.70. The van der Waals surface area contributed by atoms with Crippen LogP contribution >= 0.6 is 0 Å². The molecule has 0 aliphatic heterocycles. The molecule has 0 heterocycles. The van der Waals surface area contributed by atoms with Crippen molar-refractivity contribution in [3.63, 3.8) is 0 Å². The number of benzene rings is 2. The fourth-order valence-corrected chi connectivity index (χ4v) is 2.44. The standard InChI is InChI=1S/C17H18O7/c1-2-24-14(20)9-17(23,10-4-3-5-11(18)8-10)12-6-7-13(19)16(22)15(12)21/h3-8,18-19,21-23H,2,9H2,1H3. The summed E-state index contributed by atoms with van der Waals surface area (Å²) in [5.41, 5.74) is -2.19. The third-order valence-corrected chi connectivity index (χ3v) is 3.60. The number of ether oxygens (including phenoxy) is 1. The Morgan fingerprint density at radius 2 is 1.79 bits per heavy atom. The molecule has 0 aromatic heterocycles. The van der Waals surface area contributed by atoms with Gasteiger partial charge in [0.15, 0.2) is 11.5 Å². The quantitative estimate of drug-likeness (QED) is 0.416. The molecule has 7 heteroatoms. The first-order valence-corrected chi connectivity index (χ1v) is 7.21. The van der Waals surface area contributed by atoms with E-state index in [1.54, 1.807) is 6.92 Å². The van der Waals surface area contributed by atoms with Crippen molar-refractivity contribution in [1.82, 2.24) is 0 Å². The predicted molar refractivity (Wildman–Crippen MR) is 83.8 cm³/mol. The average molecular weight is 334 g/mol. The van der Waals surface area contributed by atoms with Crippen LogP contribution in [0.3, 0.4) is 0 Å². The maximum absolute atomic E-state index is 11.9. The minimum absolute atomic E-state index is 0.0990. The minimum atomic E-state index is -2.08. The lowest BCUT2D eigenvalue weighted by atomic mass is 9.82. The van der Waals surface area contributed by atoms with Gasteiger partial charge in [0.25, 0.3) is 0 Å². The average Bonchev–Trinajstić information content (AvgIpc) is 2.52. The molecule has 2 aromatic carbocycles. The van der Waals surface area contributed by atoms with Crippen LogP contribution in [0.15, 0.2) is 36.4 Å². The van der Waals surface area contributed by atoms with Gasteiger partial charge < -0.3 is 30.3 Å². The van der Waals surface area contributed by atoms with Crippen molar-refractivity contribution < 1.29 is 35.1 Å². The molecular weight excluding hydrogens is 316 g/mol. The largest absolute Gasteiger partial charge is 0.508 e. The summed E-state index contributed by atoms with van der Waals surface area (Å²) in [5.74, 6) is -3.07. The number of aromatic hydroxyl groups is 4. The van der Waals surface area contributed by atoms with Gasteiger partial charge in [0, 0.05) is 5.56 Å². The number of carbonyl (C=O) groups excluding carboxylic acids is 1. The molecule has 24 heavy (non-hydrogen) atoms. The fourth-order valence-electron chi connectivity index (χ4n) is 2.44. The van der Waals surface area contributed by atoms with E-state index in [0.717, 1.165) is 6.07 Å². The van der Waals surface area contributed by atoms with Crippen molar-refractivity contribution in [3.8, 4) is 23.0 Å². The number of hydrogen-bond acceptors (Lipinski definition) is 7. The smallest absolute Gasteiger partial charge is 0.309 e. The zero-order valence-electron chi connectivity index (χ0n) is 12.9. The molecule has 0 fully saturated rings. The van der Waals surface area contributed by atoms with Gasteiger partial charge in [-0.3, -0.25) is 4.79 Å². The van der Waals surface area contributed by atoms with Crippen LogP contribution in [-0.2, 0) is 15.1 Å². The number of phenols is 4. The zero-order chi connectivity index (χ0) is 17.9. The van der Waals surface area contributed by atoms with E-state index >= 15 is 0 Å². The summed E-state index contributed by atoms with van der Waals surface area (Å²) in [6.07, 6.45) is -0.567. The first-order valence-electron chi connectivity index (χ1n) is 7.21. The van der Waals surface area contributed by atoms with E-state index in [-0.39, 0.29) is 23.5 Å². The van der Waals surface area contributed by atoms with E-state index in [4.69, 9.17) is 4.74 Å². The molecule has 1 unspecified atom stereocenters. The third kappa shape index (κ3) is 3.21. The maximum Gasteiger partial charge on any atom is 0.309 e. The van der Waals surface area contributed by atoms with Crippen LogP contribution in [0.5, 0.6) is 23.0 Å². The number of esters is 1. The van der Waals surface area contributed by atoms with Crippen LogP contribution in [0.4, 0.5) is 0 Å². The number of aliphatic hydroxyl groups is 1. The molecule has 0 radical (unpaired) electrons. The Balaban J connectivity index is 2.63. The molecule has 2 aromatic rings. The summed E-state index contributed by atoms with van der Waals surface area (Å²) >= 11 is 0. The SMILES string of the molecule is CCOC(=O)CC(O)(c1cccc(O)c1)c1ccc(O)c(O)c1O. The second-order valence-electron chi connectivity index (χ2n) is 5.22. The zero-order valence-corrected chi connectivity index (χ0v) is 12.9. The van der Waals surface area contributed by atoms with E-state index in [2.05, 4.69) is 0 Å². The molecule has 5 N–H and O–H groups in total. The third-order valence-electron chi connectivity index (χ3n) is 3.60. The molecule has 1 atom stereocenters. The van der Waals surface area contributed by atoms with Crippen molar-refractivity contribution in [3.05, 3.63) is 47.5 Å². The fraction of sp³-hybridized carbons (Fsp3) is 0.235. The molecule has 2 rings (SSSR count). The van der Waals surface area contributed by atoms with Gasteiger partial charge in [-0.25, -0.2) is 0 Å². The van der Waals surface area contributed by atoms with Crippen LogP contribution < -0.4 is 0 Å². The Morgan fingerprint density at radius 1 is 1.08 bits per heavy atom. The first kappa shape index (κ1) is 17.4. The molecule has 7 nitrogen and oxygen atoms in total. The highest BCUT2D eigenvalue weighted by Gasteiger charge is 2.38. The Bertz CT molecular complexity index is 757. The molecule has 0 saturated carbocycles. The van der Waals surface area contributed by atoms with Gasteiger partial charge in [-0.05, 0) is 36.8 Å². The second-order valence-corrected chi connectivity index (χ2v) is 5.22. The molecule has 0 aliphatic carbocycles. The summed E-state index contributed by atoms with van der Waals surface area (Å²) in [6.45, 7) is 1.71. The Kier molecular flexibility index (Phi) is 4.85. The Hall–Kier alpha value is -2.93. The van der Waals surface area contributed by atoms with Crippen LogP contribution in [0.1, 0.15) is 24.5 Å². The van der Waals surface area contributed by atoms with Crippen molar-refractivity contribution in [2.24, 2.45) is 0 Å². The first-order chi connectivity index (χ1) is 11.3. The van der Waals surface area contributed by atoms with Crippen molar-refractivity contribution in [1.29, 1.82) is 0 Å². The van der Waals surface area contributed by atoms with Gasteiger partial charge in [-0.15, -0.1) is 0 Å². The van der Waals surface area contributed by atoms with Crippen molar-refractivity contribution in [2.75, 3.05) is 6.61 Å². The molecule has 0 aliphatic rings. The van der Waals surface area contributed by atoms with E-state index in [9.17, 15) is 30.3 Å². The number of carbonyl (C=O) groups is 1. The monoisotopic (exact) mass is 334 g/mol. The van der Waals surface area contributed by atoms with E-state index in [0.29, 0.717) is 0 Å². The second kappa shape index (κ2) is 6.67. The molecule has 0 saturated heterocycles. The molecule has 0 amide bonds. The topological polar surface area (TPSA) is 127 Å². The summed E-state index contributed by atoms with van der Waals surface area (Å²) in [4.78, 5) is 11.9. The summed E-state index contributed by atoms with van der Waals surface area (Å²) < 4.78 is 4.85. The van der Waals surface area contributed by atoms with Crippen LogP contribution in [0.2, 0.25) is 0 Å². The Morgan fingerprint density at radius 3 is 2.42 bits per heavy atom. The highest BCUT2D eigenvalue weighted by Crippen LogP contribution is 2.45. The normalized spacial score (nSPS) is 13.2. The van der Waals surface area contributed by atoms with E-state index < -0.39 is 35.2 Å². The van der Waals surface area contributed by atoms with Gasteiger partial charge in [-0.2, -0.15) is 0 Å². The lowest BCUT2D eigenvalue weighted by molar-refractivity contribution is -0.147. The molecule has 128 valence electrons. The summed E-state index contributed by atoms with van der Waals surface area (Å²) in [5, 5.41) is 50.0. The van der Waals surface area contributed by atoms with Crippen LogP contribution in [-0.4, -0.2) is 38.1 Å². The van der Waals surface area contributed by atoms with Crippen molar-refractivity contribution >= 4 is 5.97 Å². The van der Waals surface area contributed by atoms with Gasteiger partial charge in [-0.1, -0.05) is 12.1 Å². The lowest BCUT2D eigenvalue weighted by Crippen LogP contribution is -2.31. The van der Waals surface area contributed by atoms with Crippen LogP contribution in [0.25, 0.3) is 0 Å². The van der Waals surface area contributed by atoms with E-state index in [1.165, 1.54) is 30.3 Å². The Labute approximate surface area is 138 Å². The van der Waals surface area contributed by atoms with Gasteiger partial charge >= 0.3 is 5.97 Å². The summed E-state index contributed by atoms with van der Waals surface area (Å²) in [6, 6.07) is 7.75. The van der Waals surface area contributed by atoms with Gasteiger partial charge in [0.1, 0.15) is 11.4 Å². The highest BCUT2D eigenvalue weighted by molar-refractivity contribution is 5.73. The number of hydrogen-bond donors (Lipinski definition) is 5. The minimum Gasteiger partial charge on any atom is -0.508 e. The highest BCUT2D eigenvalue weighted by atomic mass is 16.5. The van der Waals surface area contributed by atoms with Gasteiger partial charge in [0.2, 0.25) is 5.75 Å². The van der Waals surface area contributed by atoms with Crippen LogP contribution in [0, 0.1) is 0 Å². The maximum atomic E-state index is 11.9.